The van der Waals surface area contributed by atoms with Gasteiger partial charge in [0.1, 0.15) is 5.75 Å². The Morgan fingerprint density at radius 2 is 1.90 bits per heavy atom. The summed E-state index contributed by atoms with van der Waals surface area (Å²) >= 11 is 0. The standard InChI is InChI=1S/C18H17NO2/c20-18(19-11-9-13-5-1-3-7-16(13)19)15-10-12-21-17-8-4-2-6-14(15)17/h1-8,15H,9-12H2. The second kappa shape index (κ2) is 4.92. The summed E-state index contributed by atoms with van der Waals surface area (Å²) in [5, 5.41) is 0. The van der Waals surface area contributed by atoms with Gasteiger partial charge in [0.05, 0.1) is 12.5 Å². The number of rotatable bonds is 1. The molecule has 0 aromatic heterocycles. The highest BCUT2D eigenvalue weighted by Gasteiger charge is 2.33. The molecule has 2 aliphatic rings. The summed E-state index contributed by atoms with van der Waals surface area (Å²) in [4.78, 5) is 14.9. The lowest BCUT2D eigenvalue weighted by Crippen LogP contribution is -2.35. The van der Waals surface area contributed by atoms with Crippen molar-refractivity contribution < 1.29 is 9.53 Å². The number of amides is 1. The number of benzene rings is 2. The quantitative estimate of drug-likeness (QED) is 0.802. The van der Waals surface area contributed by atoms with Gasteiger partial charge in [0.25, 0.3) is 0 Å². The maximum Gasteiger partial charge on any atom is 0.234 e. The van der Waals surface area contributed by atoms with Crippen molar-refractivity contribution in [3.05, 3.63) is 59.7 Å². The summed E-state index contributed by atoms with van der Waals surface area (Å²) in [6, 6.07) is 16.1. The van der Waals surface area contributed by atoms with Crippen molar-refractivity contribution in [1.82, 2.24) is 0 Å². The number of nitrogens with zero attached hydrogens (tertiary/aromatic N) is 1. The number of hydrogen-bond acceptors (Lipinski definition) is 2. The fourth-order valence-corrected chi connectivity index (χ4v) is 3.35. The predicted octanol–water partition coefficient (Wildman–Crippen LogP) is 3.14. The summed E-state index contributed by atoms with van der Waals surface area (Å²) in [6.07, 6.45) is 1.71. The van der Waals surface area contributed by atoms with E-state index in [9.17, 15) is 4.79 Å². The fraction of sp³-hybridized carbons (Fsp3) is 0.278. The Hall–Kier alpha value is -2.29. The third-order valence-electron chi connectivity index (χ3n) is 4.41. The van der Waals surface area contributed by atoms with Gasteiger partial charge in [0, 0.05) is 17.8 Å². The topological polar surface area (TPSA) is 29.5 Å². The van der Waals surface area contributed by atoms with E-state index in [0.717, 1.165) is 36.4 Å². The van der Waals surface area contributed by atoms with Gasteiger partial charge in [-0.2, -0.15) is 0 Å². The Bertz CT molecular complexity index is 695. The molecule has 1 amide bonds. The maximum atomic E-state index is 13.0. The van der Waals surface area contributed by atoms with Gasteiger partial charge in [-0.1, -0.05) is 36.4 Å². The van der Waals surface area contributed by atoms with Crippen LogP contribution in [0.3, 0.4) is 0 Å². The van der Waals surface area contributed by atoms with Crippen molar-refractivity contribution >= 4 is 11.6 Å². The molecule has 2 aromatic carbocycles. The van der Waals surface area contributed by atoms with Crippen LogP contribution in [0, 0.1) is 0 Å². The number of para-hydroxylation sites is 2. The van der Waals surface area contributed by atoms with Gasteiger partial charge in [-0.15, -0.1) is 0 Å². The molecule has 3 heteroatoms. The van der Waals surface area contributed by atoms with Gasteiger partial charge in [0.15, 0.2) is 0 Å². The number of anilines is 1. The summed E-state index contributed by atoms with van der Waals surface area (Å²) in [6.45, 7) is 1.40. The van der Waals surface area contributed by atoms with Crippen LogP contribution in [0.2, 0.25) is 0 Å². The first-order chi connectivity index (χ1) is 10.3. The van der Waals surface area contributed by atoms with Crippen molar-refractivity contribution in [3.63, 3.8) is 0 Å². The third kappa shape index (κ3) is 2.00. The molecule has 0 bridgehead atoms. The van der Waals surface area contributed by atoms with Crippen molar-refractivity contribution in [1.29, 1.82) is 0 Å². The molecular formula is C18H17NO2. The van der Waals surface area contributed by atoms with Crippen LogP contribution in [0.15, 0.2) is 48.5 Å². The van der Waals surface area contributed by atoms with Crippen molar-refractivity contribution in [2.45, 2.75) is 18.8 Å². The minimum Gasteiger partial charge on any atom is -0.493 e. The van der Waals surface area contributed by atoms with Crippen molar-refractivity contribution in [2.75, 3.05) is 18.1 Å². The van der Waals surface area contributed by atoms with E-state index < -0.39 is 0 Å². The van der Waals surface area contributed by atoms with Crippen molar-refractivity contribution in [3.8, 4) is 5.75 Å². The molecule has 1 atom stereocenters. The van der Waals surface area contributed by atoms with E-state index in [0.29, 0.717) is 6.61 Å². The Balaban J connectivity index is 1.68. The lowest BCUT2D eigenvalue weighted by Gasteiger charge is -2.29. The average molecular weight is 279 g/mol. The van der Waals surface area contributed by atoms with Crippen LogP contribution < -0.4 is 9.64 Å². The predicted molar refractivity (Wildman–Crippen MR) is 81.8 cm³/mol. The van der Waals surface area contributed by atoms with Gasteiger partial charge in [-0.3, -0.25) is 4.79 Å². The molecular weight excluding hydrogens is 262 g/mol. The number of ether oxygens (including phenoxy) is 1. The number of carbonyl (C=O) groups is 1. The summed E-state index contributed by atoms with van der Waals surface area (Å²) < 4.78 is 5.67. The molecule has 4 rings (SSSR count). The Labute approximate surface area is 124 Å². The van der Waals surface area contributed by atoms with E-state index >= 15 is 0 Å². The largest absolute Gasteiger partial charge is 0.493 e. The molecule has 1 unspecified atom stereocenters. The van der Waals surface area contributed by atoms with E-state index in [-0.39, 0.29) is 11.8 Å². The molecule has 0 saturated heterocycles. The van der Waals surface area contributed by atoms with Crippen LogP contribution in [-0.4, -0.2) is 19.1 Å². The second-order valence-corrected chi connectivity index (χ2v) is 5.60. The van der Waals surface area contributed by atoms with Gasteiger partial charge in [0.2, 0.25) is 5.91 Å². The van der Waals surface area contributed by atoms with Crippen LogP contribution >= 0.6 is 0 Å². The highest BCUT2D eigenvalue weighted by molar-refractivity contribution is 6.00. The first-order valence-corrected chi connectivity index (χ1v) is 7.45. The van der Waals surface area contributed by atoms with E-state index in [1.807, 2.05) is 47.4 Å². The van der Waals surface area contributed by atoms with Crippen molar-refractivity contribution in [2.24, 2.45) is 0 Å². The van der Waals surface area contributed by atoms with Crippen LogP contribution in [0.1, 0.15) is 23.5 Å². The lowest BCUT2D eigenvalue weighted by molar-refractivity contribution is -0.120. The summed E-state index contributed by atoms with van der Waals surface area (Å²) in [7, 11) is 0. The monoisotopic (exact) mass is 279 g/mol. The summed E-state index contributed by atoms with van der Waals surface area (Å²) in [5.41, 5.74) is 3.37. The van der Waals surface area contributed by atoms with Crippen LogP contribution in [0.4, 0.5) is 5.69 Å². The smallest absolute Gasteiger partial charge is 0.234 e. The zero-order chi connectivity index (χ0) is 14.2. The minimum absolute atomic E-state index is 0.0823. The molecule has 0 saturated carbocycles. The second-order valence-electron chi connectivity index (χ2n) is 5.60. The van der Waals surface area contributed by atoms with Crippen LogP contribution in [0.5, 0.6) is 5.75 Å². The molecule has 2 heterocycles. The molecule has 21 heavy (non-hydrogen) atoms. The molecule has 0 spiro atoms. The van der Waals surface area contributed by atoms with E-state index in [1.54, 1.807) is 0 Å². The van der Waals surface area contributed by atoms with Crippen LogP contribution in [-0.2, 0) is 11.2 Å². The maximum absolute atomic E-state index is 13.0. The van der Waals surface area contributed by atoms with Gasteiger partial charge >= 0.3 is 0 Å². The third-order valence-corrected chi connectivity index (χ3v) is 4.41. The van der Waals surface area contributed by atoms with Gasteiger partial charge in [-0.25, -0.2) is 0 Å². The van der Waals surface area contributed by atoms with E-state index in [2.05, 4.69) is 6.07 Å². The van der Waals surface area contributed by atoms with Crippen LogP contribution in [0.25, 0.3) is 0 Å². The van der Waals surface area contributed by atoms with E-state index in [4.69, 9.17) is 4.74 Å². The number of fused-ring (bicyclic) bond motifs is 2. The highest BCUT2D eigenvalue weighted by Crippen LogP contribution is 2.37. The first-order valence-electron chi connectivity index (χ1n) is 7.45. The molecule has 3 nitrogen and oxygen atoms in total. The van der Waals surface area contributed by atoms with E-state index in [1.165, 1.54) is 5.56 Å². The fourth-order valence-electron chi connectivity index (χ4n) is 3.35. The molecule has 0 aliphatic carbocycles. The minimum atomic E-state index is -0.0823. The molecule has 2 aliphatic heterocycles. The first kappa shape index (κ1) is 12.5. The van der Waals surface area contributed by atoms with Gasteiger partial charge in [-0.05, 0) is 30.5 Å². The highest BCUT2D eigenvalue weighted by atomic mass is 16.5. The summed E-state index contributed by atoms with van der Waals surface area (Å²) in [5.74, 6) is 0.978. The lowest BCUT2D eigenvalue weighted by atomic mass is 9.92. The zero-order valence-corrected chi connectivity index (χ0v) is 11.8. The Morgan fingerprint density at radius 1 is 1.10 bits per heavy atom. The average Bonchev–Trinajstić information content (AvgIpc) is 2.98. The SMILES string of the molecule is O=C(C1CCOc2ccccc21)N1CCc2ccccc21. The molecule has 2 aromatic rings. The Morgan fingerprint density at radius 3 is 2.86 bits per heavy atom. The molecule has 0 radical (unpaired) electrons. The van der Waals surface area contributed by atoms with Gasteiger partial charge < -0.3 is 9.64 Å². The molecule has 0 fully saturated rings. The zero-order valence-electron chi connectivity index (χ0n) is 11.8. The Kier molecular flexibility index (Phi) is 2.92. The molecule has 106 valence electrons. The number of hydrogen-bond donors (Lipinski definition) is 0. The number of carbonyl (C=O) groups excluding carboxylic acids is 1. The normalized spacial score (nSPS) is 19.6. The molecule has 0 N–H and O–H groups in total.